The maximum absolute atomic E-state index is 11.1. The molecule has 0 rings (SSSR count). The topological polar surface area (TPSA) is 37.3 Å². The van der Waals surface area contributed by atoms with Gasteiger partial charge in [0.25, 0.3) is 0 Å². The van der Waals surface area contributed by atoms with Crippen molar-refractivity contribution < 1.29 is 9.67 Å². The summed E-state index contributed by atoms with van der Waals surface area (Å²) in [5.74, 6) is -0.165. The van der Waals surface area contributed by atoms with Crippen molar-refractivity contribution in [1.82, 2.24) is 0 Å². The Bertz CT molecular complexity index is 112. The molecule has 0 aliphatic carbocycles. The number of hydrogen-bond acceptors (Lipinski definition) is 2. The Kier molecular flexibility index (Phi) is 4.84. The monoisotopic (exact) mass is 163 g/mol. The number of aliphatic hydroxyl groups excluding tert-OH is 1. The molecule has 1 N–H and O–H groups in total. The molecule has 0 aromatic heterocycles. The van der Waals surface area contributed by atoms with Crippen LogP contribution in [0.3, 0.4) is 0 Å². The van der Waals surface area contributed by atoms with Gasteiger partial charge < -0.3 is 5.11 Å². The summed E-state index contributed by atoms with van der Waals surface area (Å²) < 4.78 is 11.1. The van der Waals surface area contributed by atoms with Crippen LogP contribution in [0, 0.1) is 5.92 Å². The number of hydrogen-bond donors (Lipinski definition) is 1. The lowest BCUT2D eigenvalue weighted by atomic mass is 10.3. The molecule has 0 saturated carbocycles. The molecule has 2 unspecified atom stereocenters. The van der Waals surface area contributed by atoms with Gasteiger partial charge in [0, 0.05) is 6.16 Å². The third kappa shape index (κ3) is 3.97. The largest absolute Gasteiger partial charge is 0.382 e. The van der Waals surface area contributed by atoms with Gasteiger partial charge in [-0.05, 0) is 12.3 Å². The normalized spacial score (nSPS) is 15.5. The number of aliphatic hydroxyl groups is 1. The molecule has 2 atom stereocenters. The van der Waals surface area contributed by atoms with Crippen LogP contribution in [0.5, 0.6) is 0 Å². The van der Waals surface area contributed by atoms with Gasteiger partial charge in [-0.1, -0.05) is 20.8 Å². The minimum Gasteiger partial charge on any atom is -0.382 e. The average Bonchev–Trinajstić information content (AvgIpc) is 1.85. The fourth-order valence-corrected chi connectivity index (χ4v) is 2.06. The molecule has 0 bridgehead atoms. The molecule has 0 aliphatic rings. The Morgan fingerprint density at radius 1 is 1.50 bits per heavy atom. The zero-order chi connectivity index (χ0) is 8.15. The Morgan fingerprint density at radius 2 is 2.00 bits per heavy atom. The van der Waals surface area contributed by atoms with Gasteiger partial charge in [0.2, 0.25) is 0 Å². The van der Waals surface area contributed by atoms with E-state index in [-0.39, 0.29) is 0 Å². The maximum Gasteiger partial charge on any atom is 0.123 e. The van der Waals surface area contributed by atoms with E-state index in [4.69, 9.17) is 5.11 Å². The van der Waals surface area contributed by atoms with Crippen molar-refractivity contribution in [3.8, 4) is 0 Å². The van der Waals surface area contributed by atoms with Gasteiger partial charge in [0.15, 0.2) is 0 Å². The standard InChI is InChI=1S/C7H16O2P/c1-4-7(8)10(9)5-6(2)3/h6-8H,4-5H2,1-3H3. The zero-order valence-corrected chi connectivity index (χ0v) is 7.77. The van der Waals surface area contributed by atoms with Crippen molar-refractivity contribution in [2.75, 3.05) is 6.16 Å². The van der Waals surface area contributed by atoms with Gasteiger partial charge >= 0.3 is 0 Å². The Hall–Kier alpha value is 0.0600. The van der Waals surface area contributed by atoms with Gasteiger partial charge in [-0.15, -0.1) is 0 Å². The quantitative estimate of drug-likeness (QED) is 0.645. The van der Waals surface area contributed by atoms with Crippen LogP contribution in [-0.4, -0.2) is 17.1 Å². The second-order valence-corrected chi connectivity index (χ2v) is 4.68. The van der Waals surface area contributed by atoms with Crippen LogP contribution in [-0.2, 0) is 4.57 Å². The number of rotatable bonds is 4. The Morgan fingerprint density at radius 3 is 2.30 bits per heavy atom. The van der Waals surface area contributed by atoms with Gasteiger partial charge in [-0.2, -0.15) is 0 Å². The third-order valence-corrected chi connectivity index (χ3v) is 3.36. The van der Waals surface area contributed by atoms with E-state index >= 15 is 0 Å². The van der Waals surface area contributed by atoms with Gasteiger partial charge in [-0.25, -0.2) is 0 Å². The van der Waals surface area contributed by atoms with Crippen LogP contribution >= 0.6 is 7.80 Å². The predicted molar refractivity (Wildman–Crippen MR) is 43.6 cm³/mol. The van der Waals surface area contributed by atoms with E-state index < -0.39 is 13.6 Å². The molecule has 0 saturated heterocycles. The Labute approximate surface area is 63.4 Å². The first-order valence-electron chi connectivity index (χ1n) is 3.69. The molecule has 0 fully saturated rings. The van der Waals surface area contributed by atoms with Crippen molar-refractivity contribution in [2.45, 2.75) is 33.0 Å². The predicted octanol–water partition coefficient (Wildman–Crippen LogP) is 2.20. The SMILES string of the molecule is CCC(O)[P](=O)CC(C)C. The van der Waals surface area contributed by atoms with E-state index in [1.165, 1.54) is 0 Å². The second kappa shape index (κ2) is 4.81. The lowest BCUT2D eigenvalue weighted by Gasteiger charge is -2.08. The lowest BCUT2D eigenvalue weighted by molar-refractivity contribution is 0.247. The highest BCUT2D eigenvalue weighted by Crippen LogP contribution is 2.30. The molecule has 1 radical (unpaired) electrons. The minimum atomic E-state index is -1.38. The molecule has 0 amide bonds. The zero-order valence-electron chi connectivity index (χ0n) is 6.87. The van der Waals surface area contributed by atoms with Crippen LogP contribution in [0.1, 0.15) is 27.2 Å². The third-order valence-electron chi connectivity index (χ3n) is 1.24. The van der Waals surface area contributed by atoms with Crippen molar-refractivity contribution in [2.24, 2.45) is 5.92 Å². The van der Waals surface area contributed by atoms with Gasteiger partial charge in [-0.3, -0.25) is 4.57 Å². The van der Waals surface area contributed by atoms with Gasteiger partial charge in [0.1, 0.15) is 13.6 Å². The smallest absolute Gasteiger partial charge is 0.123 e. The molecule has 3 heteroatoms. The highest BCUT2D eigenvalue weighted by molar-refractivity contribution is 7.45. The summed E-state index contributed by atoms with van der Waals surface area (Å²) in [6.07, 6.45) is 1.24. The summed E-state index contributed by atoms with van der Waals surface area (Å²) in [5.41, 5.74) is 0. The molecule has 2 nitrogen and oxygen atoms in total. The van der Waals surface area contributed by atoms with E-state index in [0.717, 1.165) is 0 Å². The van der Waals surface area contributed by atoms with Crippen LogP contribution in [0.15, 0.2) is 0 Å². The molecule has 0 aliphatic heterocycles. The van der Waals surface area contributed by atoms with E-state index in [1.54, 1.807) is 0 Å². The summed E-state index contributed by atoms with van der Waals surface area (Å²) in [4.78, 5) is 0. The molecule has 0 aromatic rings. The minimum absolute atomic E-state index is 0.421. The first-order chi connectivity index (χ1) is 4.57. The van der Waals surface area contributed by atoms with E-state index in [2.05, 4.69) is 0 Å². The highest BCUT2D eigenvalue weighted by atomic mass is 31.1. The summed E-state index contributed by atoms with van der Waals surface area (Å²) in [5, 5.41) is 9.09. The average molecular weight is 163 g/mol. The molecule has 0 aromatic carbocycles. The summed E-state index contributed by atoms with van der Waals surface area (Å²) >= 11 is 0. The fraction of sp³-hybridized carbons (Fsp3) is 1.00. The molecular weight excluding hydrogens is 147 g/mol. The fourth-order valence-electron chi connectivity index (χ4n) is 0.685. The molecule has 0 spiro atoms. The van der Waals surface area contributed by atoms with Crippen LogP contribution in [0.25, 0.3) is 0 Å². The molecule has 0 heterocycles. The first-order valence-corrected chi connectivity index (χ1v) is 5.21. The first kappa shape index (κ1) is 10.1. The van der Waals surface area contributed by atoms with Crippen molar-refractivity contribution in [3.63, 3.8) is 0 Å². The van der Waals surface area contributed by atoms with E-state index in [9.17, 15) is 4.57 Å². The second-order valence-electron chi connectivity index (χ2n) is 2.88. The van der Waals surface area contributed by atoms with Crippen LogP contribution < -0.4 is 0 Å². The van der Waals surface area contributed by atoms with Crippen LogP contribution in [0.2, 0.25) is 0 Å². The molecular formula is C7H16O2P. The summed E-state index contributed by atoms with van der Waals surface area (Å²) in [7, 11) is -1.38. The lowest BCUT2D eigenvalue weighted by Crippen LogP contribution is -2.02. The van der Waals surface area contributed by atoms with Crippen molar-refractivity contribution >= 4 is 7.80 Å². The van der Waals surface area contributed by atoms with Crippen molar-refractivity contribution in [1.29, 1.82) is 0 Å². The van der Waals surface area contributed by atoms with E-state index in [0.29, 0.717) is 18.5 Å². The highest BCUT2D eigenvalue weighted by Gasteiger charge is 2.12. The summed E-state index contributed by atoms with van der Waals surface area (Å²) in [6, 6.07) is 0. The summed E-state index contributed by atoms with van der Waals surface area (Å²) in [6.45, 7) is 5.86. The van der Waals surface area contributed by atoms with Gasteiger partial charge in [0.05, 0.1) is 0 Å². The Balaban J connectivity index is 3.62. The molecule has 61 valence electrons. The maximum atomic E-state index is 11.1. The van der Waals surface area contributed by atoms with E-state index in [1.807, 2.05) is 20.8 Å². The van der Waals surface area contributed by atoms with Crippen molar-refractivity contribution in [3.05, 3.63) is 0 Å². The van der Waals surface area contributed by atoms with Crippen LogP contribution in [0.4, 0.5) is 0 Å². The molecule has 10 heavy (non-hydrogen) atoms.